The lowest BCUT2D eigenvalue weighted by molar-refractivity contribution is 0.0985. The summed E-state index contributed by atoms with van der Waals surface area (Å²) in [5, 5.41) is 18.5. The van der Waals surface area contributed by atoms with Crippen LogP contribution < -0.4 is 4.90 Å². The zero-order chi connectivity index (χ0) is 20.6. The maximum Gasteiger partial charge on any atom is 0.130 e. The molecule has 1 atom stereocenters. The molecular formula is C23H26N6O. The van der Waals surface area contributed by atoms with Crippen LogP contribution in [-0.4, -0.2) is 46.0 Å². The molecule has 1 aliphatic carbocycles. The van der Waals surface area contributed by atoms with Crippen LogP contribution in [0.3, 0.4) is 0 Å². The van der Waals surface area contributed by atoms with Crippen molar-refractivity contribution < 1.29 is 4.74 Å². The van der Waals surface area contributed by atoms with Gasteiger partial charge in [0.1, 0.15) is 17.0 Å². The Hall–Kier alpha value is -2.98. The van der Waals surface area contributed by atoms with Gasteiger partial charge in [0.25, 0.3) is 0 Å². The van der Waals surface area contributed by atoms with Crippen LogP contribution in [0.25, 0.3) is 22.3 Å². The van der Waals surface area contributed by atoms with Crippen LogP contribution in [0.15, 0.2) is 30.6 Å². The first-order valence-electron chi connectivity index (χ1n) is 10.8. The van der Waals surface area contributed by atoms with Crippen LogP contribution in [-0.2, 0) is 10.2 Å². The monoisotopic (exact) mass is 402 g/mol. The number of rotatable bonds is 3. The molecule has 7 heteroatoms. The topological polar surface area (TPSA) is 90.7 Å². The number of aromatic nitrogens is 4. The highest BCUT2D eigenvalue weighted by atomic mass is 16.5. The van der Waals surface area contributed by atoms with E-state index in [1.54, 1.807) is 6.20 Å². The molecule has 0 spiro atoms. The fourth-order valence-corrected chi connectivity index (χ4v) is 4.93. The molecule has 4 heterocycles. The van der Waals surface area contributed by atoms with Crippen molar-refractivity contribution in [2.24, 2.45) is 0 Å². The summed E-state index contributed by atoms with van der Waals surface area (Å²) in [5.74, 6) is 0.905. The Bertz CT molecular complexity index is 1080. The quantitative estimate of drug-likeness (QED) is 0.713. The Morgan fingerprint density at radius 2 is 2.10 bits per heavy atom. The molecule has 0 bridgehead atoms. The van der Waals surface area contributed by atoms with Crippen LogP contribution in [0.2, 0.25) is 0 Å². The van der Waals surface area contributed by atoms with Gasteiger partial charge in [0.05, 0.1) is 36.4 Å². The minimum atomic E-state index is -0.476. The lowest BCUT2D eigenvalue weighted by Gasteiger charge is -2.37. The number of nitrogens with zero attached hydrogens (tertiary/aromatic N) is 5. The summed E-state index contributed by atoms with van der Waals surface area (Å²) in [6.45, 7) is 4.31. The number of nitrogens with one attached hydrogen (secondary N) is 1. The minimum Gasteiger partial charge on any atom is -0.377 e. The lowest BCUT2D eigenvalue weighted by Crippen LogP contribution is -2.44. The van der Waals surface area contributed by atoms with Crippen molar-refractivity contribution in [3.63, 3.8) is 0 Å². The molecule has 1 saturated carbocycles. The fraction of sp³-hybridized carbons (Fsp3) is 0.478. The highest BCUT2D eigenvalue weighted by Crippen LogP contribution is 2.44. The molecule has 2 fully saturated rings. The Morgan fingerprint density at radius 3 is 2.83 bits per heavy atom. The number of anilines is 1. The summed E-state index contributed by atoms with van der Waals surface area (Å²) in [6, 6.07) is 9.02. The van der Waals surface area contributed by atoms with Gasteiger partial charge in [-0.3, -0.25) is 10.1 Å². The Balaban J connectivity index is 1.77. The predicted octanol–water partition coefficient (Wildman–Crippen LogP) is 3.97. The number of fused-ring (bicyclic) bond motifs is 1. The van der Waals surface area contributed by atoms with Crippen LogP contribution in [0.4, 0.5) is 5.82 Å². The van der Waals surface area contributed by atoms with E-state index in [4.69, 9.17) is 9.72 Å². The molecule has 0 radical (unpaired) electrons. The first-order chi connectivity index (χ1) is 14.7. The average Bonchev–Trinajstić information content (AvgIpc) is 3.33. The van der Waals surface area contributed by atoms with Crippen molar-refractivity contribution >= 4 is 16.7 Å². The van der Waals surface area contributed by atoms with Gasteiger partial charge in [-0.2, -0.15) is 10.4 Å². The van der Waals surface area contributed by atoms with Gasteiger partial charge < -0.3 is 9.64 Å². The van der Waals surface area contributed by atoms with Gasteiger partial charge in [-0.25, -0.2) is 4.98 Å². The van der Waals surface area contributed by atoms with Gasteiger partial charge in [0.15, 0.2) is 0 Å². The summed E-state index contributed by atoms with van der Waals surface area (Å²) in [5.41, 5.74) is 3.05. The molecule has 0 aromatic carbocycles. The Morgan fingerprint density at radius 1 is 1.23 bits per heavy atom. The Labute approximate surface area is 176 Å². The van der Waals surface area contributed by atoms with Gasteiger partial charge in [-0.05, 0) is 43.5 Å². The average molecular weight is 403 g/mol. The van der Waals surface area contributed by atoms with Gasteiger partial charge in [0.2, 0.25) is 0 Å². The number of aromatic amines is 1. The van der Waals surface area contributed by atoms with Crippen molar-refractivity contribution in [1.29, 1.82) is 5.26 Å². The molecule has 3 aromatic heterocycles. The van der Waals surface area contributed by atoms with E-state index in [9.17, 15) is 5.26 Å². The van der Waals surface area contributed by atoms with Gasteiger partial charge in [0, 0.05) is 24.3 Å². The van der Waals surface area contributed by atoms with Gasteiger partial charge in [-0.1, -0.05) is 19.3 Å². The molecule has 0 unspecified atom stereocenters. The molecule has 2 aliphatic rings. The van der Waals surface area contributed by atoms with Crippen LogP contribution in [0, 0.1) is 11.3 Å². The van der Waals surface area contributed by atoms with Crippen molar-refractivity contribution in [1.82, 2.24) is 20.2 Å². The number of pyridine rings is 2. The van der Waals surface area contributed by atoms with E-state index in [1.165, 1.54) is 6.42 Å². The van der Waals surface area contributed by atoms with Crippen molar-refractivity contribution in [3.05, 3.63) is 36.2 Å². The first-order valence-corrected chi connectivity index (χ1v) is 10.8. The van der Waals surface area contributed by atoms with E-state index in [0.717, 1.165) is 65.9 Å². The van der Waals surface area contributed by atoms with E-state index < -0.39 is 5.41 Å². The molecule has 7 nitrogen and oxygen atoms in total. The van der Waals surface area contributed by atoms with E-state index in [1.807, 2.05) is 18.3 Å². The number of ether oxygens (including phenoxy) is 1. The normalized spacial score (nSPS) is 21.5. The molecule has 1 aliphatic heterocycles. The second-order valence-corrected chi connectivity index (χ2v) is 8.43. The summed E-state index contributed by atoms with van der Waals surface area (Å²) >= 11 is 0. The Kier molecular flexibility index (Phi) is 4.87. The third-order valence-electron chi connectivity index (χ3n) is 6.57. The third-order valence-corrected chi connectivity index (χ3v) is 6.57. The first kappa shape index (κ1) is 19.0. The summed E-state index contributed by atoms with van der Waals surface area (Å²) < 4.78 is 5.64. The van der Waals surface area contributed by atoms with Gasteiger partial charge >= 0.3 is 0 Å². The van der Waals surface area contributed by atoms with E-state index in [0.29, 0.717) is 13.2 Å². The molecule has 5 rings (SSSR count). The highest BCUT2D eigenvalue weighted by molar-refractivity contribution is 5.94. The predicted molar refractivity (Wildman–Crippen MR) is 115 cm³/mol. The maximum atomic E-state index is 10.3. The number of hydrogen-bond acceptors (Lipinski definition) is 6. The minimum absolute atomic E-state index is 0.230. The smallest absolute Gasteiger partial charge is 0.130 e. The van der Waals surface area contributed by atoms with E-state index in [-0.39, 0.29) is 6.04 Å². The second-order valence-electron chi connectivity index (χ2n) is 8.43. The van der Waals surface area contributed by atoms with Crippen LogP contribution in [0.5, 0.6) is 0 Å². The standard InChI is InChI=1S/C23H26N6O/c1-16-14-30-12-11-29(16)20-13-18(23(15-24)7-3-2-4-8-23)17-5-9-25-22(21(17)27-20)19-6-10-26-28-19/h5-6,9-10,13,16H,2-4,7-8,11-12,14H2,1H3,(H,26,28)/t16-/m1/s1. The third kappa shape index (κ3) is 3.12. The molecule has 1 N–H and O–H groups in total. The molecule has 1 saturated heterocycles. The fourth-order valence-electron chi connectivity index (χ4n) is 4.93. The zero-order valence-electron chi connectivity index (χ0n) is 17.3. The number of morpholine rings is 1. The molecule has 154 valence electrons. The van der Waals surface area contributed by atoms with E-state index in [2.05, 4.69) is 39.1 Å². The van der Waals surface area contributed by atoms with Crippen molar-refractivity contribution in [2.45, 2.75) is 50.5 Å². The number of hydrogen-bond donors (Lipinski definition) is 1. The highest BCUT2D eigenvalue weighted by Gasteiger charge is 2.37. The second kappa shape index (κ2) is 7.69. The summed E-state index contributed by atoms with van der Waals surface area (Å²) in [6.07, 6.45) is 8.68. The lowest BCUT2D eigenvalue weighted by atomic mass is 9.69. The number of nitriles is 1. The molecule has 3 aromatic rings. The maximum absolute atomic E-state index is 10.3. The summed E-state index contributed by atoms with van der Waals surface area (Å²) in [7, 11) is 0. The largest absolute Gasteiger partial charge is 0.377 e. The van der Waals surface area contributed by atoms with Crippen molar-refractivity contribution in [3.8, 4) is 17.5 Å². The van der Waals surface area contributed by atoms with Crippen LogP contribution in [0.1, 0.15) is 44.6 Å². The summed E-state index contributed by atoms with van der Waals surface area (Å²) in [4.78, 5) is 12.0. The number of H-pyrrole nitrogens is 1. The van der Waals surface area contributed by atoms with Gasteiger partial charge in [-0.15, -0.1) is 0 Å². The zero-order valence-corrected chi connectivity index (χ0v) is 17.3. The van der Waals surface area contributed by atoms with E-state index >= 15 is 0 Å². The molecule has 0 amide bonds. The van der Waals surface area contributed by atoms with Crippen LogP contribution >= 0.6 is 0 Å². The SMILES string of the molecule is C[C@@H]1COCCN1c1cc(C2(C#N)CCCCC2)c2ccnc(-c3ccn[nH]3)c2n1. The van der Waals surface area contributed by atoms with Crippen molar-refractivity contribution in [2.75, 3.05) is 24.7 Å². The molecular weight excluding hydrogens is 376 g/mol. The molecule has 30 heavy (non-hydrogen) atoms.